The number of rotatable bonds is 7. The monoisotopic (exact) mass is 363 g/mol. The number of nitrogens with zero attached hydrogens (tertiary/aromatic N) is 2. The molecule has 3 rings (SSSR count). The number of amides is 1. The Kier molecular flexibility index (Phi) is 6.01. The molecule has 0 aliphatic carbocycles. The maximum Gasteiger partial charge on any atom is 0.261 e. The van der Waals surface area contributed by atoms with E-state index >= 15 is 0 Å². The van der Waals surface area contributed by atoms with Gasteiger partial charge in [0.1, 0.15) is 0 Å². The van der Waals surface area contributed by atoms with Gasteiger partial charge < -0.3 is 5.32 Å². The predicted octanol–water partition coefficient (Wildman–Crippen LogP) is 4.08. The standard InChI is InChI=1S/C22H25N3O2/c1-3-4-7-17-9-11-18(12-10-17)24-20(26)13-14-25-15-23-21-16(2)6-5-8-19(21)22(25)27/h5-6,8-12,15H,3-4,7,13-14H2,1-2H3,(H,24,26). The molecule has 0 unspecified atom stereocenters. The number of aryl methyl sites for hydroxylation is 3. The highest BCUT2D eigenvalue weighted by Gasteiger charge is 2.08. The second kappa shape index (κ2) is 8.62. The number of hydrogen-bond acceptors (Lipinski definition) is 3. The van der Waals surface area contributed by atoms with Crippen LogP contribution in [0.5, 0.6) is 0 Å². The van der Waals surface area contributed by atoms with E-state index in [0.717, 1.165) is 17.7 Å². The van der Waals surface area contributed by atoms with Gasteiger partial charge >= 0.3 is 0 Å². The zero-order chi connectivity index (χ0) is 19.2. The van der Waals surface area contributed by atoms with Gasteiger partial charge in [0.05, 0.1) is 17.2 Å². The number of carbonyl (C=O) groups is 1. The van der Waals surface area contributed by atoms with Crippen LogP contribution in [-0.4, -0.2) is 15.5 Å². The molecule has 1 N–H and O–H groups in total. The highest BCUT2D eigenvalue weighted by Crippen LogP contribution is 2.13. The predicted molar refractivity (Wildman–Crippen MR) is 109 cm³/mol. The summed E-state index contributed by atoms with van der Waals surface area (Å²) in [6.45, 7) is 4.41. The number of fused-ring (bicyclic) bond motifs is 1. The molecule has 3 aromatic rings. The van der Waals surface area contributed by atoms with Gasteiger partial charge in [0.15, 0.2) is 0 Å². The van der Waals surface area contributed by atoms with Gasteiger partial charge in [-0.25, -0.2) is 4.98 Å². The fourth-order valence-corrected chi connectivity index (χ4v) is 3.08. The normalized spacial score (nSPS) is 10.9. The van der Waals surface area contributed by atoms with E-state index < -0.39 is 0 Å². The molecule has 0 radical (unpaired) electrons. The van der Waals surface area contributed by atoms with E-state index in [1.54, 1.807) is 6.07 Å². The first-order chi connectivity index (χ1) is 13.1. The van der Waals surface area contributed by atoms with Crippen molar-refractivity contribution in [3.63, 3.8) is 0 Å². The topological polar surface area (TPSA) is 64.0 Å². The van der Waals surface area contributed by atoms with Crippen molar-refractivity contribution in [2.75, 3.05) is 5.32 Å². The van der Waals surface area contributed by atoms with Crippen LogP contribution in [-0.2, 0) is 17.8 Å². The summed E-state index contributed by atoms with van der Waals surface area (Å²) in [4.78, 5) is 29.2. The van der Waals surface area contributed by atoms with Gasteiger partial charge in [-0.15, -0.1) is 0 Å². The molecule has 2 aromatic carbocycles. The molecular formula is C22H25N3O2. The molecule has 0 saturated heterocycles. The summed E-state index contributed by atoms with van der Waals surface area (Å²) in [6, 6.07) is 13.5. The Hall–Kier alpha value is -2.95. The molecule has 1 amide bonds. The van der Waals surface area contributed by atoms with Gasteiger partial charge in [0, 0.05) is 18.7 Å². The Bertz CT molecular complexity index is 991. The average molecular weight is 363 g/mol. The molecular weight excluding hydrogens is 338 g/mol. The lowest BCUT2D eigenvalue weighted by Gasteiger charge is -2.09. The third-order valence-corrected chi connectivity index (χ3v) is 4.69. The zero-order valence-electron chi connectivity index (χ0n) is 15.9. The summed E-state index contributed by atoms with van der Waals surface area (Å²) in [5.74, 6) is -0.118. The van der Waals surface area contributed by atoms with Crippen LogP contribution in [0.2, 0.25) is 0 Å². The van der Waals surface area contributed by atoms with Crippen LogP contribution < -0.4 is 10.9 Å². The Balaban J connectivity index is 1.61. The molecule has 0 bridgehead atoms. The lowest BCUT2D eigenvalue weighted by Crippen LogP contribution is -2.23. The number of carbonyl (C=O) groups excluding carboxylic acids is 1. The van der Waals surface area contributed by atoms with Crippen LogP contribution in [0.3, 0.4) is 0 Å². The van der Waals surface area contributed by atoms with Crippen LogP contribution in [0, 0.1) is 6.92 Å². The summed E-state index contributed by atoms with van der Waals surface area (Å²) in [6.07, 6.45) is 5.13. The summed E-state index contributed by atoms with van der Waals surface area (Å²) in [5, 5.41) is 3.47. The lowest BCUT2D eigenvalue weighted by atomic mass is 10.1. The molecule has 140 valence electrons. The van der Waals surface area contributed by atoms with E-state index in [1.807, 2.05) is 43.3 Å². The van der Waals surface area contributed by atoms with Gasteiger partial charge in [0.2, 0.25) is 5.91 Å². The van der Waals surface area contributed by atoms with Gasteiger partial charge in [-0.2, -0.15) is 0 Å². The number of unbranched alkanes of at least 4 members (excludes halogenated alkanes) is 1. The smallest absolute Gasteiger partial charge is 0.261 e. The SMILES string of the molecule is CCCCc1ccc(NC(=O)CCn2cnc3c(C)cccc3c2=O)cc1. The summed E-state index contributed by atoms with van der Waals surface area (Å²) >= 11 is 0. The first-order valence-electron chi connectivity index (χ1n) is 9.42. The van der Waals surface area contributed by atoms with E-state index in [2.05, 4.69) is 17.2 Å². The second-order valence-corrected chi connectivity index (χ2v) is 6.81. The summed E-state index contributed by atoms with van der Waals surface area (Å²) in [5.41, 5.74) is 3.62. The molecule has 0 aliphatic heterocycles. The summed E-state index contributed by atoms with van der Waals surface area (Å²) < 4.78 is 1.50. The fraction of sp³-hybridized carbons (Fsp3) is 0.318. The molecule has 5 nitrogen and oxygen atoms in total. The second-order valence-electron chi connectivity index (χ2n) is 6.81. The van der Waals surface area contributed by atoms with Crippen LogP contribution in [0.15, 0.2) is 53.6 Å². The molecule has 1 aromatic heterocycles. The Morgan fingerprint density at radius 2 is 1.93 bits per heavy atom. The Morgan fingerprint density at radius 3 is 2.67 bits per heavy atom. The minimum absolute atomic E-state index is 0.114. The molecule has 5 heteroatoms. The number of aromatic nitrogens is 2. The first-order valence-corrected chi connectivity index (χ1v) is 9.42. The van der Waals surface area contributed by atoms with Crippen LogP contribution in [0.4, 0.5) is 5.69 Å². The van der Waals surface area contributed by atoms with Gasteiger partial charge in [-0.1, -0.05) is 37.6 Å². The fourth-order valence-electron chi connectivity index (χ4n) is 3.08. The Morgan fingerprint density at radius 1 is 1.15 bits per heavy atom. The van der Waals surface area contributed by atoms with Crippen molar-refractivity contribution in [1.29, 1.82) is 0 Å². The zero-order valence-corrected chi connectivity index (χ0v) is 15.9. The minimum Gasteiger partial charge on any atom is -0.326 e. The van der Waals surface area contributed by atoms with E-state index in [1.165, 1.54) is 29.3 Å². The van der Waals surface area contributed by atoms with E-state index in [0.29, 0.717) is 17.4 Å². The average Bonchev–Trinajstić information content (AvgIpc) is 2.67. The minimum atomic E-state index is -0.118. The molecule has 0 fully saturated rings. The first kappa shape index (κ1) is 18.8. The third kappa shape index (κ3) is 4.61. The van der Waals surface area contributed by atoms with Crippen molar-refractivity contribution in [3.05, 3.63) is 70.3 Å². The number of benzene rings is 2. The third-order valence-electron chi connectivity index (χ3n) is 4.69. The van der Waals surface area contributed by atoms with E-state index in [4.69, 9.17) is 0 Å². The lowest BCUT2D eigenvalue weighted by molar-refractivity contribution is -0.116. The molecule has 0 spiro atoms. The van der Waals surface area contributed by atoms with Crippen LogP contribution in [0.25, 0.3) is 10.9 Å². The molecule has 0 saturated carbocycles. The van der Waals surface area contributed by atoms with Gasteiger partial charge in [-0.3, -0.25) is 14.2 Å². The highest BCUT2D eigenvalue weighted by atomic mass is 16.1. The maximum absolute atomic E-state index is 12.6. The molecule has 1 heterocycles. The Labute approximate surface area is 159 Å². The van der Waals surface area contributed by atoms with Gasteiger partial charge in [-0.05, 0) is 49.1 Å². The highest BCUT2D eigenvalue weighted by molar-refractivity contribution is 5.90. The number of anilines is 1. The van der Waals surface area contributed by atoms with Crippen molar-refractivity contribution < 1.29 is 4.79 Å². The van der Waals surface area contributed by atoms with Crippen molar-refractivity contribution in [3.8, 4) is 0 Å². The molecule has 27 heavy (non-hydrogen) atoms. The van der Waals surface area contributed by atoms with Crippen molar-refractivity contribution >= 4 is 22.5 Å². The number of nitrogens with one attached hydrogen (secondary N) is 1. The molecule has 0 atom stereocenters. The molecule has 0 aliphatic rings. The largest absolute Gasteiger partial charge is 0.326 e. The van der Waals surface area contributed by atoms with Crippen molar-refractivity contribution in [1.82, 2.24) is 9.55 Å². The van der Waals surface area contributed by atoms with E-state index in [9.17, 15) is 9.59 Å². The maximum atomic E-state index is 12.6. The van der Waals surface area contributed by atoms with Crippen molar-refractivity contribution in [2.24, 2.45) is 0 Å². The summed E-state index contributed by atoms with van der Waals surface area (Å²) in [7, 11) is 0. The van der Waals surface area contributed by atoms with Crippen LogP contribution in [0.1, 0.15) is 37.3 Å². The van der Waals surface area contributed by atoms with Crippen LogP contribution >= 0.6 is 0 Å². The number of para-hydroxylation sites is 1. The van der Waals surface area contributed by atoms with Crippen molar-refractivity contribution in [2.45, 2.75) is 46.1 Å². The quantitative estimate of drug-likeness (QED) is 0.688. The van der Waals surface area contributed by atoms with Gasteiger partial charge in [0.25, 0.3) is 5.56 Å². The number of hydrogen-bond donors (Lipinski definition) is 1. The van der Waals surface area contributed by atoms with E-state index in [-0.39, 0.29) is 17.9 Å².